The van der Waals surface area contributed by atoms with Gasteiger partial charge in [-0.05, 0) is 45.4 Å². The molecule has 0 spiro atoms. The highest BCUT2D eigenvalue weighted by Gasteiger charge is 2.27. The molecule has 33 heavy (non-hydrogen) atoms. The van der Waals surface area contributed by atoms with Gasteiger partial charge < -0.3 is 14.2 Å². The molecule has 2 radical (unpaired) electrons. The summed E-state index contributed by atoms with van der Waals surface area (Å²) in [6.07, 6.45) is 25.5. The highest BCUT2D eigenvalue weighted by Crippen LogP contribution is 2.30. The maximum Gasteiger partial charge on any atom is 0.308 e. The van der Waals surface area contributed by atoms with Crippen LogP contribution in [0.15, 0.2) is 0 Å². The van der Waals surface area contributed by atoms with Gasteiger partial charge in [-0.1, -0.05) is 96.8 Å². The first kappa shape index (κ1) is 28.6. The first-order chi connectivity index (χ1) is 16.2. The van der Waals surface area contributed by atoms with Gasteiger partial charge in [0.25, 0.3) is 0 Å². The lowest BCUT2D eigenvalue weighted by Gasteiger charge is -2.28. The number of hydrogen-bond acceptors (Lipinski definition) is 4. The van der Waals surface area contributed by atoms with Gasteiger partial charge in [0.15, 0.2) is 0 Å². The lowest BCUT2D eigenvalue weighted by Crippen LogP contribution is -2.26. The van der Waals surface area contributed by atoms with Gasteiger partial charge in [0, 0.05) is 6.42 Å². The Morgan fingerprint density at radius 1 is 0.818 bits per heavy atom. The van der Waals surface area contributed by atoms with E-state index in [0.717, 1.165) is 57.7 Å². The van der Waals surface area contributed by atoms with Crippen molar-refractivity contribution in [2.24, 2.45) is 5.92 Å². The Hall–Kier alpha value is -0.610. The average molecular weight is 465 g/mol. The largest absolute Gasteiger partial charge is 0.466 e. The zero-order chi connectivity index (χ0) is 23.6. The van der Waals surface area contributed by atoms with Gasteiger partial charge in [-0.3, -0.25) is 4.79 Å². The highest BCUT2D eigenvalue weighted by molar-refractivity contribution is 5.72. The molecule has 0 saturated carbocycles. The van der Waals surface area contributed by atoms with Crippen LogP contribution in [0.2, 0.25) is 0 Å². The second-order valence-electron chi connectivity index (χ2n) is 10.2. The van der Waals surface area contributed by atoms with Gasteiger partial charge in [0.1, 0.15) is 0 Å². The van der Waals surface area contributed by atoms with Crippen LogP contribution in [0.3, 0.4) is 0 Å². The molecule has 4 nitrogen and oxygen atoms in total. The van der Waals surface area contributed by atoms with Crippen LogP contribution in [0.25, 0.3) is 0 Å². The molecule has 0 amide bonds. The number of esters is 1. The predicted octanol–water partition coefficient (Wildman–Crippen LogP) is 8.48. The van der Waals surface area contributed by atoms with Crippen LogP contribution in [0.5, 0.6) is 0 Å². The quantitative estimate of drug-likeness (QED) is 0.338. The molecule has 2 bridgehead atoms. The highest BCUT2D eigenvalue weighted by atomic mass is 16.7. The van der Waals surface area contributed by atoms with E-state index in [9.17, 15) is 4.79 Å². The minimum atomic E-state index is -0.0880. The monoisotopic (exact) mass is 464 g/mol. The number of ether oxygens (including phenoxy) is 3. The normalized spacial score (nSPS) is 26.1. The van der Waals surface area contributed by atoms with Crippen molar-refractivity contribution in [1.82, 2.24) is 0 Å². The molecule has 192 valence electrons. The second-order valence-corrected chi connectivity index (χ2v) is 10.2. The van der Waals surface area contributed by atoms with Crippen molar-refractivity contribution >= 4 is 5.97 Å². The Labute approximate surface area is 204 Å². The maximum atomic E-state index is 12.6. The van der Waals surface area contributed by atoms with Crippen LogP contribution in [0.1, 0.15) is 142 Å². The van der Waals surface area contributed by atoms with Gasteiger partial charge in [-0.25, -0.2) is 0 Å². The van der Waals surface area contributed by atoms with E-state index in [1.165, 1.54) is 77.0 Å². The Balaban J connectivity index is 2.09. The molecule has 2 fully saturated rings. The van der Waals surface area contributed by atoms with Crippen LogP contribution >= 0.6 is 0 Å². The third kappa shape index (κ3) is 13.2. The first-order valence-electron chi connectivity index (χ1n) is 14.4. The Morgan fingerprint density at radius 3 is 1.70 bits per heavy atom. The Kier molecular flexibility index (Phi) is 16.2. The van der Waals surface area contributed by atoms with Gasteiger partial charge >= 0.3 is 5.97 Å². The molecule has 0 N–H and O–H groups in total. The number of rotatable bonds is 8. The summed E-state index contributed by atoms with van der Waals surface area (Å²) in [6.45, 7) is 6.28. The molecular formula is C29H52O4. The average Bonchev–Trinajstić information content (AvgIpc) is 2.84. The molecule has 2 heterocycles. The molecule has 2 rings (SSSR count). The van der Waals surface area contributed by atoms with E-state index in [-0.39, 0.29) is 24.1 Å². The lowest BCUT2D eigenvalue weighted by atomic mass is 9.96. The van der Waals surface area contributed by atoms with Crippen LogP contribution in [-0.4, -0.2) is 24.8 Å². The van der Waals surface area contributed by atoms with Crippen LogP contribution < -0.4 is 0 Å². The summed E-state index contributed by atoms with van der Waals surface area (Å²) in [7, 11) is 0. The standard InChI is InChI=1S/C29H52O4/c1-3-5-18-25(29(30)31-4-2)23-24-28-32-26-19-14-10-6-7-11-15-20-27(33-28)22-17-13-9-8-12-16-21-26/h25-27H,1,3-24H2,2H3. The fourth-order valence-electron chi connectivity index (χ4n) is 5.27. The minimum absolute atomic E-state index is 0.0739. The summed E-state index contributed by atoms with van der Waals surface area (Å²) >= 11 is 0. The number of fused-ring (bicyclic) bond motifs is 4. The van der Waals surface area contributed by atoms with Crippen LogP contribution in [0, 0.1) is 19.1 Å². The molecule has 1 atom stereocenters. The molecule has 2 aliphatic heterocycles. The number of unbranched alkanes of at least 4 members (excludes halogenated alkanes) is 1. The van der Waals surface area contributed by atoms with Crippen molar-refractivity contribution in [2.45, 2.75) is 154 Å². The van der Waals surface area contributed by atoms with Crippen LogP contribution in [-0.2, 0) is 19.0 Å². The third-order valence-electron chi connectivity index (χ3n) is 7.32. The van der Waals surface area contributed by atoms with Gasteiger partial charge in [0.2, 0.25) is 6.29 Å². The molecule has 0 aromatic heterocycles. The molecule has 0 aromatic carbocycles. The SMILES string of the molecule is [CH2]CCCC(CC[C]1OC2CCCCCCCCC(CCCCCCCC2)O1)C(=O)OCC. The third-order valence-corrected chi connectivity index (χ3v) is 7.32. The van der Waals surface area contributed by atoms with Crippen molar-refractivity contribution < 1.29 is 19.0 Å². The fourth-order valence-corrected chi connectivity index (χ4v) is 5.27. The van der Waals surface area contributed by atoms with E-state index in [0.29, 0.717) is 13.0 Å². The first-order valence-corrected chi connectivity index (χ1v) is 14.4. The van der Waals surface area contributed by atoms with Crippen molar-refractivity contribution in [3.05, 3.63) is 13.2 Å². The molecule has 4 heteroatoms. The molecule has 2 saturated heterocycles. The molecule has 0 aromatic rings. The molecule has 2 aliphatic rings. The summed E-state index contributed by atoms with van der Waals surface area (Å²) in [5.41, 5.74) is 0. The number of hydrogen-bond donors (Lipinski definition) is 0. The maximum absolute atomic E-state index is 12.6. The topological polar surface area (TPSA) is 44.8 Å². The van der Waals surface area contributed by atoms with Crippen molar-refractivity contribution in [3.63, 3.8) is 0 Å². The predicted molar refractivity (Wildman–Crippen MR) is 135 cm³/mol. The van der Waals surface area contributed by atoms with Gasteiger partial charge in [0.05, 0.1) is 24.7 Å². The second kappa shape index (κ2) is 18.7. The van der Waals surface area contributed by atoms with Gasteiger partial charge in [-0.15, -0.1) is 0 Å². The fraction of sp³-hybridized carbons (Fsp3) is 0.897. The van der Waals surface area contributed by atoms with Crippen LogP contribution in [0.4, 0.5) is 0 Å². The van der Waals surface area contributed by atoms with E-state index in [4.69, 9.17) is 14.2 Å². The zero-order valence-electron chi connectivity index (χ0n) is 21.6. The van der Waals surface area contributed by atoms with E-state index in [1.54, 1.807) is 0 Å². The zero-order valence-corrected chi connectivity index (χ0v) is 21.6. The summed E-state index contributed by atoms with van der Waals surface area (Å²) in [5, 5.41) is 0. The molecule has 0 aliphatic carbocycles. The van der Waals surface area contributed by atoms with Gasteiger partial charge in [-0.2, -0.15) is 0 Å². The smallest absolute Gasteiger partial charge is 0.308 e. The lowest BCUT2D eigenvalue weighted by molar-refractivity contribution is -0.150. The van der Waals surface area contributed by atoms with Crippen molar-refractivity contribution in [1.29, 1.82) is 0 Å². The molecular weight excluding hydrogens is 412 g/mol. The molecule has 1 unspecified atom stereocenters. The summed E-state index contributed by atoms with van der Waals surface area (Å²) in [6, 6.07) is 0. The Bertz CT molecular complexity index is 434. The van der Waals surface area contributed by atoms with E-state index < -0.39 is 0 Å². The van der Waals surface area contributed by atoms with E-state index >= 15 is 0 Å². The summed E-state index contributed by atoms with van der Waals surface area (Å²) in [5.74, 6) is -0.162. The van der Waals surface area contributed by atoms with E-state index in [1.807, 2.05) is 6.92 Å². The summed E-state index contributed by atoms with van der Waals surface area (Å²) in [4.78, 5) is 12.6. The number of carbonyl (C=O) groups excluding carboxylic acids is 1. The van der Waals surface area contributed by atoms with E-state index in [2.05, 4.69) is 6.92 Å². The van der Waals surface area contributed by atoms with Crippen molar-refractivity contribution in [3.8, 4) is 0 Å². The minimum Gasteiger partial charge on any atom is -0.466 e. The Morgan fingerprint density at radius 2 is 1.27 bits per heavy atom. The summed E-state index contributed by atoms with van der Waals surface area (Å²) < 4.78 is 18.6. The number of carbonyl (C=O) groups is 1. The van der Waals surface area contributed by atoms with Crippen molar-refractivity contribution in [2.75, 3.05) is 6.61 Å².